The number of rotatable bonds is 2. The van der Waals surface area contributed by atoms with Gasteiger partial charge in [-0.25, -0.2) is 0 Å². The van der Waals surface area contributed by atoms with Crippen molar-refractivity contribution >= 4 is 17.3 Å². The van der Waals surface area contributed by atoms with E-state index >= 15 is 0 Å². The molecule has 0 spiro atoms. The smallest absolute Gasteiger partial charge is 0.0668 e. The number of hydrogen-bond donors (Lipinski definition) is 1. The summed E-state index contributed by atoms with van der Waals surface area (Å²) in [5, 5.41) is 0.749. The van der Waals surface area contributed by atoms with Crippen LogP contribution in [0.25, 0.3) is 0 Å². The van der Waals surface area contributed by atoms with Crippen LogP contribution < -0.4 is 10.6 Å². The Bertz CT molecular complexity index is 370. The van der Waals surface area contributed by atoms with E-state index in [2.05, 4.69) is 17.9 Å². The lowest BCUT2D eigenvalue weighted by Gasteiger charge is -2.36. The Balaban J connectivity index is 2.34. The summed E-state index contributed by atoms with van der Waals surface area (Å²) >= 11 is 6.16. The average Bonchev–Trinajstić information content (AvgIpc) is 2.29. The molecule has 2 rings (SSSR count). The zero-order valence-electron chi connectivity index (χ0n) is 9.45. The van der Waals surface area contributed by atoms with Crippen molar-refractivity contribution in [2.24, 2.45) is 5.73 Å². The topological polar surface area (TPSA) is 38.5 Å². The molecule has 3 nitrogen and oxygen atoms in total. The van der Waals surface area contributed by atoms with Gasteiger partial charge in [0.15, 0.2) is 0 Å². The van der Waals surface area contributed by atoms with Crippen LogP contribution in [0, 0.1) is 0 Å². The van der Waals surface area contributed by atoms with Crippen molar-refractivity contribution in [3.8, 4) is 0 Å². The molecule has 0 aromatic heterocycles. The van der Waals surface area contributed by atoms with E-state index in [1.54, 1.807) is 0 Å². The van der Waals surface area contributed by atoms with E-state index < -0.39 is 0 Å². The first kappa shape index (κ1) is 11.7. The van der Waals surface area contributed by atoms with E-state index in [1.807, 2.05) is 12.1 Å². The van der Waals surface area contributed by atoms with Crippen LogP contribution in [0.3, 0.4) is 0 Å². The summed E-state index contributed by atoms with van der Waals surface area (Å²) in [6.45, 7) is 5.05. The van der Waals surface area contributed by atoms with E-state index in [0.29, 0.717) is 12.6 Å². The third-order valence-electron chi connectivity index (χ3n) is 2.98. The van der Waals surface area contributed by atoms with Crippen molar-refractivity contribution < 1.29 is 4.74 Å². The number of anilines is 1. The van der Waals surface area contributed by atoms with Crippen LogP contribution in [-0.4, -0.2) is 25.8 Å². The van der Waals surface area contributed by atoms with Crippen LogP contribution in [0.2, 0.25) is 5.02 Å². The van der Waals surface area contributed by atoms with Gasteiger partial charge in [0.05, 0.1) is 13.2 Å². The molecule has 2 N–H and O–H groups in total. The Hall–Kier alpha value is -0.770. The fraction of sp³-hybridized carbons (Fsp3) is 0.500. The van der Waals surface area contributed by atoms with Crippen LogP contribution in [0.4, 0.5) is 5.69 Å². The third kappa shape index (κ3) is 2.17. The molecule has 1 saturated heterocycles. The largest absolute Gasteiger partial charge is 0.377 e. The van der Waals surface area contributed by atoms with E-state index in [-0.39, 0.29) is 0 Å². The van der Waals surface area contributed by atoms with Crippen molar-refractivity contribution in [3.05, 3.63) is 28.8 Å². The third-order valence-corrected chi connectivity index (χ3v) is 3.33. The normalized spacial score (nSPS) is 21.2. The van der Waals surface area contributed by atoms with E-state index in [4.69, 9.17) is 22.1 Å². The Morgan fingerprint density at radius 1 is 1.56 bits per heavy atom. The minimum absolute atomic E-state index is 0.373. The molecule has 1 aromatic carbocycles. The summed E-state index contributed by atoms with van der Waals surface area (Å²) in [4.78, 5) is 2.32. The van der Waals surface area contributed by atoms with Gasteiger partial charge in [0, 0.05) is 35.4 Å². The highest BCUT2D eigenvalue weighted by Crippen LogP contribution is 2.29. The molecule has 4 heteroatoms. The van der Waals surface area contributed by atoms with Crippen LogP contribution in [0.15, 0.2) is 18.2 Å². The Labute approximate surface area is 101 Å². The van der Waals surface area contributed by atoms with Crippen molar-refractivity contribution in [3.63, 3.8) is 0 Å². The molecule has 0 amide bonds. The van der Waals surface area contributed by atoms with Crippen LogP contribution >= 0.6 is 11.6 Å². The fourth-order valence-corrected chi connectivity index (χ4v) is 2.35. The quantitative estimate of drug-likeness (QED) is 0.860. The molecule has 0 radical (unpaired) electrons. The first-order chi connectivity index (χ1) is 7.74. The second kappa shape index (κ2) is 5.04. The monoisotopic (exact) mass is 240 g/mol. The number of morpholine rings is 1. The van der Waals surface area contributed by atoms with Crippen LogP contribution in [0.1, 0.15) is 12.5 Å². The van der Waals surface area contributed by atoms with Gasteiger partial charge in [-0.2, -0.15) is 0 Å². The first-order valence-corrected chi connectivity index (χ1v) is 5.93. The van der Waals surface area contributed by atoms with Gasteiger partial charge < -0.3 is 15.4 Å². The highest BCUT2D eigenvalue weighted by Gasteiger charge is 2.21. The van der Waals surface area contributed by atoms with E-state index in [0.717, 1.165) is 36.0 Å². The number of hydrogen-bond acceptors (Lipinski definition) is 3. The Morgan fingerprint density at radius 3 is 3.06 bits per heavy atom. The highest BCUT2D eigenvalue weighted by molar-refractivity contribution is 6.31. The molecule has 0 aliphatic carbocycles. The van der Waals surface area contributed by atoms with Gasteiger partial charge in [0.25, 0.3) is 0 Å². The molecule has 1 atom stereocenters. The first-order valence-electron chi connectivity index (χ1n) is 5.56. The number of benzene rings is 1. The molecule has 1 fully saturated rings. The van der Waals surface area contributed by atoms with Gasteiger partial charge in [-0.05, 0) is 19.1 Å². The van der Waals surface area contributed by atoms with Crippen molar-refractivity contribution in [1.82, 2.24) is 0 Å². The van der Waals surface area contributed by atoms with Crippen molar-refractivity contribution in [2.75, 3.05) is 24.7 Å². The molecule has 88 valence electrons. The lowest BCUT2D eigenvalue weighted by Crippen LogP contribution is -2.44. The minimum Gasteiger partial charge on any atom is -0.377 e. The summed E-state index contributed by atoms with van der Waals surface area (Å²) in [7, 11) is 0. The molecule has 1 unspecified atom stereocenters. The molecule has 16 heavy (non-hydrogen) atoms. The molecule has 1 aliphatic heterocycles. The number of nitrogens with two attached hydrogens (primary N) is 1. The van der Waals surface area contributed by atoms with Gasteiger partial charge in [-0.15, -0.1) is 0 Å². The molecular formula is C12H17ClN2O. The lowest BCUT2D eigenvalue weighted by molar-refractivity contribution is 0.0988. The zero-order valence-corrected chi connectivity index (χ0v) is 10.2. The second-order valence-corrected chi connectivity index (χ2v) is 4.47. The van der Waals surface area contributed by atoms with Gasteiger partial charge in [-0.1, -0.05) is 17.7 Å². The summed E-state index contributed by atoms with van der Waals surface area (Å²) in [6, 6.07) is 6.31. The molecular weight excluding hydrogens is 224 g/mol. The summed E-state index contributed by atoms with van der Waals surface area (Å²) in [5.74, 6) is 0. The van der Waals surface area contributed by atoms with E-state index in [9.17, 15) is 0 Å². The zero-order chi connectivity index (χ0) is 11.5. The van der Waals surface area contributed by atoms with Crippen LogP contribution in [-0.2, 0) is 11.3 Å². The maximum Gasteiger partial charge on any atom is 0.0668 e. The minimum atomic E-state index is 0.373. The number of ether oxygens (including phenoxy) is 1. The van der Waals surface area contributed by atoms with Crippen molar-refractivity contribution in [2.45, 2.75) is 19.5 Å². The van der Waals surface area contributed by atoms with Crippen LogP contribution in [0.5, 0.6) is 0 Å². The summed E-state index contributed by atoms with van der Waals surface area (Å²) in [6.07, 6.45) is 0. The number of halogens is 1. The molecule has 0 bridgehead atoms. The van der Waals surface area contributed by atoms with E-state index in [1.165, 1.54) is 0 Å². The standard InChI is InChI=1S/C12H17ClN2O/c1-9-8-16-6-5-15(9)12-4-2-3-11(13)10(12)7-14/h2-4,9H,5-8,14H2,1H3. The molecule has 1 heterocycles. The van der Waals surface area contributed by atoms with Gasteiger partial charge in [0.2, 0.25) is 0 Å². The summed E-state index contributed by atoms with van der Waals surface area (Å²) in [5.41, 5.74) is 7.93. The lowest BCUT2D eigenvalue weighted by atomic mass is 10.1. The Morgan fingerprint density at radius 2 is 2.38 bits per heavy atom. The maximum absolute atomic E-state index is 6.16. The molecule has 1 aliphatic rings. The predicted molar refractivity (Wildman–Crippen MR) is 67.0 cm³/mol. The average molecular weight is 241 g/mol. The fourth-order valence-electron chi connectivity index (χ4n) is 2.10. The maximum atomic E-state index is 6.16. The number of nitrogens with zero attached hydrogens (tertiary/aromatic N) is 1. The summed E-state index contributed by atoms with van der Waals surface area (Å²) < 4.78 is 5.43. The highest BCUT2D eigenvalue weighted by atomic mass is 35.5. The van der Waals surface area contributed by atoms with Gasteiger partial charge in [-0.3, -0.25) is 0 Å². The SMILES string of the molecule is CC1COCCN1c1cccc(Cl)c1CN. The molecule has 1 aromatic rings. The van der Waals surface area contributed by atoms with Gasteiger partial charge in [0.1, 0.15) is 0 Å². The molecule has 0 saturated carbocycles. The second-order valence-electron chi connectivity index (χ2n) is 4.06. The predicted octanol–water partition coefficient (Wildman–Crippen LogP) is 2.02. The Kier molecular flexibility index (Phi) is 3.69. The van der Waals surface area contributed by atoms with Gasteiger partial charge >= 0.3 is 0 Å². The van der Waals surface area contributed by atoms with Crippen molar-refractivity contribution in [1.29, 1.82) is 0 Å².